The number of pyridine rings is 1. The summed E-state index contributed by atoms with van der Waals surface area (Å²) in [6, 6.07) is 9.61. The number of benzene rings is 1. The first-order valence-corrected chi connectivity index (χ1v) is 11.2. The second-order valence-corrected chi connectivity index (χ2v) is 8.38. The predicted molar refractivity (Wildman–Crippen MR) is 129 cm³/mol. The van der Waals surface area contributed by atoms with E-state index < -0.39 is 5.91 Å². The summed E-state index contributed by atoms with van der Waals surface area (Å²) in [5.74, 6) is -0.499. The van der Waals surface area contributed by atoms with Gasteiger partial charge in [0, 0.05) is 44.7 Å². The number of hydrogen-bond donors (Lipinski definition) is 2. The van der Waals surface area contributed by atoms with Gasteiger partial charge in [0.2, 0.25) is 0 Å². The number of piperazine rings is 1. The molecule has 0 atom stereocenters. The Balaban J connectivity index is 1.43. The fourth-order valence-corrected chi connectivity index (χ4v) is 4.61. The van der Waals surface area contributed by atoms with Crippen molar-refractivity contribution in [3.63, 3.8) is 0 Å². The van der Waals surface area contributed by atoms with Gasteiger partial charge in [0.05, 0.1) is 16.9 Å². The Bertz CT molecular complexity index is 1360. The van der Waals surface area contributed by atoms with Crippen molar-refractivity contribution in [1.82, 2.24) is 24.8 Å². The lowest BCUT2D eigenvalue weighted by Crippen LogP contribution is -2.46. The molecule has 2 N–H and O–H groups in total. The highest BCUT2D eigenvalue weighted by Gasteiger charge is 2.20. The molecule has 1 saturated heterocycles. The highest BCUT2D eigenvalue weighted by molar-refractivity contribution is 7.71. The Labute approximate surface area is 196 Å². The van der Waals surface area contributed by atoms with Crippen LogP contribution in [0.1, 0.15) is 28.7 Å². The van der Waals surface area contributed by atoms with Crippen LogP contribution in [0.2, 0.25) is 0 Å². The molecule has 4 rings (SSSR count). The molecule has 0 unspecified atom stereocenters. The van der Waals surface area contributed by atoms with Gasteiger partial charge in [-0.05, 0) is 43.7 Å². The van der Waals surface area contributed by atoms with E-state index in [-0.39, 0.29) is 11.4 Å². The molecule has 0 radical (unpaired) electrons. The van der Waals surface area contributed by atoms with E-state index in [9.17, 15) is 9.59 Å². The summed E-state index contributed by atoms with van der Waals surface area (Å²) in [6.07, 6.45) is 1.63. The van der Waals surface area contributed by atoms with E-state index in [4.69, 9.17) is 17.5 Å². The first-order chi connectivity index (χ1) is 15.9. The second-order valence-electron chi connectivity index (χ2n) is 7.99. The molecule has 2 aromatic heterocycles. The van der Waals surface area contributed by atoms with Crippen LogP contribution in [0.25, 0.3) is 10.9 Å². The molecule has 1 aromatic carbocycles. The zero-order valence-corrected chi connectivity index (χ0v) is 19.4. The molecule has 3 heterocycles. The lowest BCUT2D eigenvalue weighted by molar-refractivity contribution is 0.0968. The third kappa shape index (κ3) is 4.65. The zero-order chi connectivity index (χ0) is 23.5. The van der Waals surface area contributed by atoms with E-state index in [1.807, 2.05) is 32.0 Å². The number of hydrogen-bond acceptors (Lipinski definition) is 7. The normalized spacial score (nSPS) is 14.3. The average molecular weight is 464 g/mol. The standard InChI is InChI=1S/C23H25N7O2S/c1-3-30-22(33)17-5-4-16(12-19(17)27-23(30)32)13-28-8-10-29(11-9-28)20-7-6-18(26-15(20)2)21(31)25-14-24/h4-7,12H,3,8-11,13H2,1-2H3,(H,25,31)(H,27,32). The van der Waals surface area contributed by atoms with Crippen molar-refractivity contribution in [2.24, 2.45) is 0 Å². The molecule has 3 aromatic rings. The van der Waals surface area contributed by atoms with Gasteiger partial charge in [-0.1, -0.05) is 18.3 Å². The van der Waals surface area contributed by atoms with E-state index in [0.717, 1.165) is 60.6 Å². The van der Waals surface area contributed by atoms with E-state index in [1.165, 1.54) is 0 Å². The predicted octanol–water partition coefficient (Wildman–Crippen LogP) is 2.32. The molecule has 0 aliphatic carbocycles. The summed E-state index contributed by atoms with van der Waals surface area (Å²) >= 11 is 5.48. The summed E-state index contributed by atoms with van der Waals surface area (Å²) in [7, 11) is 0. The monoisotopic (exact) mass is 463 g/mol. The van der Waals surface area contributed by atoms with Crippen LogP contribution in [0.3, 0.4) is 0 Å². The van der Waals surface area contributed by atoms with Gasteiger partial charge in [-0.2, -0.15) is 5.26 Å². The first kappa shape index (κ1) is 22.6. The van der Waals surface area contributed by atoms with Crippen molar-refractivity contribution in [3.8, 4) is 6.19 Å². The van der Waals surface area contributed by atoms with Crippen molar-refractivity contribution in [2.45, 2.75) is 26.9 Å². The van der Waals surface area contributed by atoms with Crippen molar-refractivity contribution >= 4 is 34.7 Å². The number of H-pyrrole nitrogens is 1. The highest BCUT2D eigenvalue weighted by atomic mass is 32.1. The van der Waals surface area contributed by atoms with E-state index in [1.54, 1.807) is 16.8 Å². The molecular formula is C23H25N7O2S. The topological polar surface area (TPSA) is 110 Å². The number of carbonyl (C=O) groups excluding carboxylic acids is 1. The summed E-state index contributed by atoms with van der Waals surface area (Å²) in [4.78, 5) is 36.0. The molecule has 1 fully saturated rings. The molecule has 9 nitrogen and oxygen atoms in total. The van der Waals surface area contributed by atoms with E-state index in [2.05, 4.69) is 31.2 Å². The number of nitrogens with zero attached hydrogens (tertiary/aromatic N) is 5. The SMILES string of the molecule is CCn1c(=O)[nH]c2cc(CN3CCN(c4ccc(C(=O)NC#N)nc4C)CC3)ccc2c1=S. The summed E-state index contributed by atoms with van der Waals surface area (Å²) in [5, 5.41) is 11.6. The third-order valence-electron chi connectivity index (χ3n) is 5.94. The number of amides is 1. The Morgan fingerprint density at radius 3 is 2.67 bits per heavy atom. The van der Waals surface area contributed by atoms with Crippen LogP contribution in [0.5, 0.6) is 0 Å². The Morgan fingerprint density at radius 1 is 1.24 bits per heavy atom. The van der Waals surface area contributed by atoms with Crippen LogP contribution in [0, 0.1) is 23.0 Å². The Kier molecular flexibility index (Phi) is 6.53. The van der Waals surface area contributed by atoms with Crippen LogP contribution in [0.15, 0.2) is 35.1 Å². The molecule has 0 spiro atoms. The van der Waals surface area contributed by atoms with Crippen LogP contribution in [-0.2, 0) is 13.1 Å². The van der Waals surface area contributed by atoms with Crippen LogP contribution in [-0.4, -0.2) is 51.5 Å². The lowest BCUT2D eigenvalue weighted by Gasteiger charge is -2.36. The summed E-state index contributed by atoms with van der Waals surface area (Å²) < 4.78 is 2.13. The van der Waals surface area contributed by atoms with Gasteiger partial charge < -0.3 is 9.88 Å². The molecule has 33 heavy (non-hydrogen) atoms. The second kappa shape index (κ2) is 9.52. The number of nitrogens with one attached hydrogen (secondary N) is 2. The Hall–Kier alpha value is -3.55. The minimum absolute atomic E-state index is 0.180. The number of nitriles is 1. The van der Waals surface area contributed by atoms with Gasteiger partial charge in [0.15, 0.2) is 6.19 Å². The third-order valence-corrected chi connectivity index (χ3v) is 6.38. The maximum atomic E-state index is 12.3. The number of rotatable bonds is 5. The minimum atomic E-state index is -0.499. The fraction of sp³-hybridized carbons (Fsp3) is 0.348. The number of aromatic nitrogens is 3. The Morgan fingerprint density at radius 2 is 2.00 bits per heavy atom. The number of carbonyl (C=O) groups is 1. The number of aromatic amines is 1. The quantitative estimate of drug-likeness (QED) is 0.339. The van der Waals surface area contributed by atoms with Gasteiger partial charge in [-0.25, -0.2) is 9.78 Å². The lowest BCUT2D eigenvalue weighted by atomic mass is 10.1. The molecule has 1 aliphatic rings. The highest BCUT2D eigenvalue weighted by Crippen LogP contribution is 2.22. The van der Waals surface area contributed by atoms with Gasteiger partial charge in [0.1, 0.15) is 10.3 Å². The fourth-order valence-electron chi connectivity index (χ4n) is 4.22. The van der Waals surface area contributed by atoms with Crippen molar-refractivity contribution in [3.05, 3.63) is 62.4 Å². The molecule has 170 valence electrons. The van der Waals surface area contributed by atoms with Crippen LogP contribution < -0.4 is 15.9 Å². The molecule has 0 saturated carbocycles. The number of anilines is 1. The van der Waals surface area contributed by atoms with E-state index >= 15 is 0 Å². The van der Waals surface area contributed by atoms with Crippen molar-refractivity contribution in [1.29, 1.82) is 5.26 Å². The maximum absolute atomic E-state index is 12.3. The van der Waals surface area contributed by atoms with Crippen LogP contribution in [0.4, 0.5) is 5.69 Å². The van der Waals surface area contributed by atoms with Crippen molar-refractivity contribution in [2.75, 3.05) is 31.1 Å². The maximum Gasteiger partial charge on any atom is 0.326 e. The largest absolute Gasteiger partial charge is 0.368 e. The number of aryl methyl sites for hydroxylation is 1. The number of fused-ring (bicyclic) bond motifs is 1. The van der Waals surface area contributed by atoms with Gasteiger partial charge >= 0.3 is 5.69 Å². The van der Waals surface area contributed by atoms with Gasteiger partial charge in [-0.3, -0.25) is 19.6 Å². The molecule has 1 aliphatic heterocycles. The molecular weight excluding hydrogens is 438 g/mol. The smallest absolute Gasteiger partial charge is 0.326 e. The summed E-state index contributed by atoms with van der Waals surface area (Å²) in [6.45, 7) is 8.53. The molecule has 0 bridgehead atoms. The average Bonchev–Trinajstić information content (AvgIpc) is 2.80. The zero-order valence-electron chi connectivity index (χ0n) is 18.6. The van der Waals surface area contributed by atoms with Gasteiger partial charge in [0.25, 0.3) is 5.91 Å². The molecule has 10 heteroatoms. The summed E-state index contributed by atoms with van der Waals surface area (Å²) in [5.41, 5.74) is 3.71. The first-order valence-electron chi connectivity index (χ1n) is 10.8. The van der Waals surface area contributed by atoms with Crippen molar-refractivity contribution < 1.29 is 4.79 Å². The van der Waals surface area contributed by atoms with Gasteiger partial charge in [-0.15, -0.1) is 0 Å². The van der Waals surface area contributed by atoms with E-state index in [0.29, 0.717) is 11.2 Å². The van der Waals surface area contributed by atoms with Crippen LogP contribution >= 0.6 is 12.2 Å². The minimum Gasteiger partial charge on any atom is -0.368 e. The molecule has 1 amide bonds.